The molecular formula is C15H22FN3O2. The van der Waals surface area contributed by atoms with Gasteiger partial charge in [-0.1, -0.05) is 18.2 Å². The quantitative estimate of drug-likeness (QED) is 0.801. The lowest BCUT2D eigenvalue weighted by molar-refractivity contribution is -0.129. The summed E-state index contributed by atoms with van der Waals surface area (Å²) in [4.78, 5) is 24.9. The van der Waals surface area contributed by atoms with Crippen LogP contribution in [0.25, 0.3) is 0 Å². The van der Waals surface area contributed by atoms with Crippen LogP contribution in [0.4, 0.5) is 9.18 Å². The monoisotopic (exact) mass is 295 g/mol. The van der Waals surface area contributed by atoms with Crippen LogP contribution in [0, 0.1) is 5.82 Å². The van der Waals surface area contributed by atoms with Gasteiger partial charge in [0.1, 0.15) is 5.82 Å². The van der Waals surface area contributed by atoms with Gasteiger partial charge >= 0.3 is 6.03 Å². The van der Waals surface area contributed by atoms with Crippen LogP contribution >= 0.6 is 0 Å². The minimum Gasteiger partial charge on any atom is -0.342 e. The first-order chi connectivity index (χ1) is 10.1. The van der Waals surface area contributed by atoms with E-state index in [1.54, 1.807) is 23.1 Å². The van der Waals surface area contributed by atoms with Crippen LogP contribution in [0.1, 0.15) is 19.4 Å². The maximum absolute atomic E-state index is 13.4. The average Bonchev–Trinajstić information content (AvgIpc) is 2.48. The fourth-order valence-corrected chi connectivity index (χ4v) is 1.92. The zero-order chi connectivity index (χ0) is 15.7. The molecule has 0 heterocycles. The number of rotatable bonds is 7. The molecule has 21 heavy (non-hydrogen) atoms. The Labute approximate surface area is 124 Å². The van der Waals surface area contributed by atoms with E-state index >= 15 is 0 Å². The predicted molar refractivity (Wildman–Crippen MR) is 79.4 cm³/mol. The molecule has 0 aliphatic carbocycles. The van der Waals surface area contributed by atoms with Gasteiger partial charge in [0.15, 0.2) is 0 Å². The summed E-state index contributed by atoms with van der Waals surface area (Å²) >= 11 is 0. The smallest absolute Gasteiger partial charge is 0.315 e. The first-order valence-corrected chi connectivity index (χ1v) is 7.11. The summed E-state index contributed by atoms with van der Waals surface area (Å²) in [5.74, 6) is -0.402. The van der Waals surface area contributed by atoms with E-state index in [1.807, 2.05) is 13.8 Å². The van der Waals surface area contributed by atoms with Crippen molar-refractivity contribution >= 4 is 11.9 Å². The van der Waals surface area contributed by atoms with E-state index in [-0.39, 0.29) is 18.3 Å². The molecule has 0 aliphatic rings. The highest BCUT2D eigenvalue weighted by atomic mass is 19.1. The van der Waals surface area contributed by atoms with Gasteiger partial charge in [-0.15, -0.1) is 0 Å². The third-order valence-electron chi connectivity index (χ3n) is 3.15. The standard InChI is InChI=1S/C15H22FN3O2/c1-3-19(4-2)14(20)11-18-15(21)17-10-9-12-7-5-6-8-13(12)16/h5-8H,3-4,9-11H2,1-2H3,(H2,17,18,21). The second kappa shape index (κ2) is 8.94. The molecule has 3 amide bonds. The van der Waals surface area contributed by atoms with Crippen molar-refractivity contribution in [3.8, 4) is 0 Å². The summed E-state index contributed by atoms with van der Waals surface area (Å²) in [5, 5.41) is 5.10. The lowest BCUT2D eigenvalue weighted by atomic mass is 10.1. The number of urea groups is 1. The molecule has 1 aromatic carbocycles. The minimum atomic E-state index is -0.424. The molecule has 1 rings (SSSR count). The summed E-state index contributed by atoms with van der Waals surface area (Å²) in [6, 6.07) is 6.02. The highest BCUT2D eigenvalue weighted by Crippen LogP contribution is 2.05. The number of carbonyl (C=O) groups is 2. The van der Waals surface area contributed by atoms with E-state index in [1.165, 1.54) is 6.07 Å². The fraction of sp³-hybridized carbons (Fsp3) is 0.467. The van der Waals surface area contributed by atoms with Crippen molar-refractivity contribution in [1.29, 1.82) is 0 Å². The summed E-state index contributed by atoms with van der Waals surface area (Å²) in [5.41, 5.74) is 0.553. The van der Waals surface area contributed by atoms with Crippen LogP contribution in [0.15, 0.2) is 24.3 Å². The lowest BCUT2D eigenvalue weighted by Crippen LogP contribution is -2.44. The molecule has 0 radical (unpaired) electrons. The van der Waals surface area contributed by atoms with Gasteiger partial charge in [0.05, 0.1) is 6.54 Å². The Morgan fingerprint density at radius 2 is 1.81 bits per heavy atom. The number of benzene rings is 1. The molecule has 1 aromatic rings. The third kappa shape index (κ3) is 5.81. The van der Waals surface area contributed by atoms with Gasteiger partial charge in [-0.25, -0.2) is 9.18 Å². The Hall–Kier alpha value is -2.11. The van der Waals surface area contributed by atoms with Crippen LogP contribution < -0.4 is 10.6 Å². The molecule has 2 N–H and O–H groups in total. The van der Waals surface area contributed by atoms with Gasteiger partial charge in [0, 0.05) is 19.6 Å². The molecule has 0 spiro atoms. The molecule has 0 saturated heterocycles. The number of halogens is 1. The normalized spacial score (nSPS) is 10.0. The Morgan fingerprint density at radius 1 is 1.14 bits per heavy atom. The van der Waals surface area contributed by atoms with Crippen molar-refractivity contribution in [2.75, 3.05) is 26.2 Å². The van der Waals surface area contributed by atoms with E-state index in [9.17, 15) is 14.0 Å². The molecule has 0 unspecified atom stereocenters. The second-order valence-corrected chi connectivity index (χ2v) is 4.52. The van der Waals surface area contributed by atoms with Crippen LogP contribution in [0.2, 0.25) is 0 Å². The maximum atomic E-state index is 13.4. The Balaban J connectivity index is 2.26. The maximum Gasteiger partial charge on any atom is 0.315 e. The van der Waals surface area contributed by atoms with Gasteiger partial charge in [-0.05, 0) is 31.9 Å². The predicted octanol–water partition coefficient (Wildman–Crippen LogP) is 1.54. The van der Waals surface area contributed by atoms with Crippen LogP contribution in [-0.4, -0.2) is 43.0 Å². The minimum absolute atomic E-state index is 0.0345. The lowest BCUT2D eigenvalue weighted by Gasteiger charge is -2.18. The zero-order valence-corrected chi connectivity index (χ0v) is 12.5. The average molecular weight is 295 g/mol. The molecule has 0 aliphatic heterocycles. The van der Waals surface area contributed by atoms with Gasteiger partial charge < -0.3 is 15.5 Å². The van der Waals surface area contributed by atoms with Crippen LogP contribution in [0.3, 0.4) is 0 Å². The number of hydrogen-bond donors (Lipinski definition) is 2. The topological polar surface area (TPSA) is 61.4 Å². The Morgan fingerprint density at radius 3 is 2.43 bits per heavy atom. The zero-order valence-electron chi connectivity index (χ0n) is 12.5. The van der Waals surface area contributed by atoms with Crippen molar-refractivity contribution in [2.45, 2.75) is 20.3 Å². The van der Waals surface area contributed by atoms with Gasteiger partial charge in [0.25, 0.3) is 0 Å². The number of likely N-dealkylation sites (N-methyl/N-ethyl adjacent to an activating group) is 1. The number of nitrogens with zero attached hydrogens (tertiary/aromatic N) is 1. The van der Waals surface area contributed by atoms with Crippen molar-refractivity contribution in [3.05, 3.63) is 35.6 Å². The van der Waals surface area contributed by atoms with Crippen molar-refractivity contribution < 1.29 is 14.0 Å². The first kappa shape index (κ1) is 16.9. The Kier molecular flexibility index (Phi) is 7.21. The van der Waals surface area contributed by atoms with Gasteiger partial charge in [-0.3, -0.25) is 4.79 Å². The summed E-state index contributed by atoms with van der Waals surface area (Å²) in [7, 11) is 0. The molecular weight excluding hydrogens is 273 g/mol. The fourth-order valence-electron chi connectivity index (χ4n) is 1.92. The first-order valence-electron chi connectivity index (χ1n) is 7.11. The molecule has 0 bridgehead atoms. The largest absolute Gasteiger partial charge is 0.342 e. The molecule has 0 atom stereocenters. The summed E-state index contributed by atoms with van der Waals surface area (Å²) in [6.07, 6.45) is 0.407. The van der Waals surface area contributed by atoms with Crippen LogP contribution in [0.5, 0.6) is 0 Å². The number of nitrogens with one attached hydrogen (secondary N) is 2. The van der Waals surface area contributed by atoms with E-state index in [4.69, 9.17) is 0 Å². The SMILES string of the molecule is CCN(CC)C(=O)CNC(=O)NCCc1ccccc1F. The number of carbonyl (C=O) groups excluding carboxylic acids is 2. The molecule has 0 aromatic heterocycles. The summed E-state index contributed by atoms with van der Waals surface area (Å²) < 4.78 is 13.4. The highest BCUT2D eigenvalue weighted by Gasteiger charge is 2.10. The van der Waals surface area contributed by atoms with E-state index in [0.29, 0.717) is 31.6 Å². The van der Waals surface area contributed by atoms with Crippen molar-refractivity contribution in [1.82, 2.24) is 15.5 Å². The molecule has 6 heteroatoms. The van der Waals surface area contributed by atoms with Crippen molar-refractivity contribution in [3.63, 3.8) is 0 Å². The van der Waals surface area contributed by atoms with E-state index in [0.717, 1.165) is 0 Å². The number of amides is 3. The summed E-state index contributed by atoms with van der Waals surface area (Å²) in [6.45, 7) is 5.28. The van der Waals surface area contributed by atoms with Crippen LogP contribution in [-0.2, 0) is 11.2 Å². The van der Waals surface area contributed by atoms with Gasteiger partial charge in [0.2, 0.25) is 5.91 Å². The molecule has 5 nitrogen and oxygen atoms in total. The third-order valence-corrected chi connectivity index (χ3v) is 3.15. The number of hydrogen-bond acceptors (Lipinski definition) is 2. The highest BCUT2D eigenvalue weighted by molar-refractivity contribution is 5.83. The molecule has 0 fully saturated rings. The van der Waals surface area contributed by atoms with Crippen molar-refractivity contribution in [2.24, 2.45) is 0 Å². The second-order valence-electron chi connectivity index (χ2n) is 4.52. The Bertz CT molecular complexity index is 476. The molecule has 116 valence electrons. The van der Waals surface area contributed by atoms with Gasteiger partial charge in [-0.2, -0.15) is 0 Å². The van der Waals surface area contributed by atoms with E-state index < -0.39 is 6.03 Å². The van der Waals surface area contributed by atoms with E-state index in [2.05, 4.69) is 10.6 Å². The molecule has 0 saturated carbocycles.